The van der Waals surface area contributed by atoms with Gasteiger partial charge in [0, 0.05) is 25.2 Å². The molecule has 180 valence electrons. The van der Waals surface area contributed by atoms with Crippen molar-refractivity contribution in [2.24, 2.45) is 5.92 Å². The van der Waals surface area contributed by atoms with E-state index in [0.717, 1.165) is 22.6 Å². The van der Waals surface area contributed by atoms with Gasteiger partial charge in [0.05, 0.1) is 23.8 Å². The molecule has 0 unspecified atom stereocenters. The van der Waals surface area contributed by atoms with Gasteiger partial charge in [-0.05, 0) is 61.4 Å². The SMILES string of the molecule is CCOc1ccc(CNC(=O)c2ccccc2NC(=O)[C@H]2CC(=O)N(c3cccc(C)c3)C2)cc1. The third-order valence-electron chi connectivity index (χ3n) is 5.93. The van der Waals surface area contributed by atoms with Gasteiger partial charge < -0.3 is 20.3 Å². The number of amides is 3. The van der Waals surface area contributed by atoms with Crippen molar-refractivity contribution in [1.29, 1.82) is 0 Å². The molecule has 3 aromatic carbocycles. The average molecular weight is 472 g/mol. The van der Waals surface area contributed by atoms with E-state index in [0.29, 0.717) is 30.9 Å². The summed E-state index contributed by atoms with van der Waals surface area (Å²) in [5.74, 6) is -0.374. The van der Waals surface area contributed by atoms with Crippen molar-refractivity contribution in [3.63, 3.8) is 0 Å². The molecule has 7 nitrogen and oxygen atoms in total. The summed E-state index contributed by atoms with van der Waals surface area (Å²) in [6.07, 6.45) is 0.131. The number of nitrogens with one attached hydrogen (secondary N) is 2. The third-order valence-corrected chi connectivity index (χ3v) is 5.93. The van der Waals surface area contributed by atoms with Crippen LogP contribution in [0.15, 0.2) is 72.8 Å². The highest BCUT2D eigenvalue weighted by Crippen LogP contribution is 2.27. The number of carbonyl (C=O) groups excluding carboxylic acids is 3. The summed E-state index contributed by atoms with van der Waals surface area (Å²) in [4.78, 5) is 40.1. The number of anilines is 2. The van der Waals surface area contributed by atoms with Crippen molar-refractivity contribution in [3.8, 4) is 5.75 Å². The van der Waals surface area contributed by atoms with Crippen LogP contribution in [0, 0.1) is 12.8 Å². The lowest BCUT2D eigenvalue weighted by molar-refractivity contribution is -0.122. The Labute approximate surface area is 205 Å². The van der Waals surface area contributed by atoms with Gasteiger partial charge in [-0.2, -0.15) is 0 Å². The molecule has 0 aromatic heterocycles. The van der Waals surface area contributed by atoms with E-state index < -0.39 is 5.92 Å². The Balaban J connectivity index is 1.39. The van der Waals surface area contributed by atoms with Gasteiger partial charge in [-0.1, -0.05) is 36.4 Å². The van der Waals surface area contributed by atoms with E-state index in [1.54, 1.807) is 29.2 Å². The Morgan fingerprint density at radius 1 is 1.03 bits per heavy atom. The Morgan fingerprint density at radius 3 is 2.54 bits per heavy atom. The first kappa shape index (κ1) is 24.0. The first-order chi connectivity index (χ1) is 16.9. The van der Waals surface area contributed by atoms with E-state index in [-0.39, 0.29) is 24.1 Å². The largest absolute Gasteiger partial charge is 0.494 e. The lowest BCUT2D eigenvalue weighted by atomic mass is 10.1. The molecular weight excluding hydrogens is 442 g/mol. The van der Waals surface area contributed by atoms with Crippen molar-refractivity contribution in [2.75, 3.05) is 23.4 Å². The number of nitrogens with zero attached hydrogens (tertiary/aromatic N) is 1. The molecule has 1 aliphatic rings. The fourth-order valence-corrected chi connectivity index (χ4v) is 4.10. The number of hydrogen-bond donors (Lipinski definition) is 2. The van der Waals surface area contributed by atoms with Crippen molar-refractivity contribution in [2.45, 2.75) is 26.8 Å². The van der Waals surface area contributed by atoms with E-state index in [9.17, 15) is 14.4 Å². The van der Waals surface area contributed by atoms with Crippen LogP contribution in [-0.4, -0.2) is 30.9 Å². The molecule has 1 saturated heterocycles. The van der Waals surface area contributed by atoms with Crippen LogP contribution in [0.25, 0.3) is 0 Å². The standard InChI is InChI=1S/C28H29N3O4/c1-3-35-23-13-11-20(12-14-23)17-29-28(34)24-9-4-5-10-25(24)30-27(33)21-16-26(32)31(18-21)22-8-6-7-19(2)15-22/h4-15,21H,3,16-18H2,1-2H3,(H,29,34)(H,30,33)/t21-/m0/s1. The van der Waals surface area contributed by atoms with E-state index in [1.165, 1.54) is 0 Å². The molecule has 1 atom stereocenters. The van der Waals surface area contributed by atoms with E-state index in [4.69, 9.17) is 4.74 Å². The van der Waals surface area contributed by atoms with E-state index >= 15 is 0 Å². The van der Waals surface area contributed by atoms with Crippen LogP contribution >= 0.6 is 0 Å². The molecule has 0 bridgehead atoms. The van der Waals surface area contributed by atoms with Gasteiger partial charge >= 0.3 is 0 Å². The molecule has 3 amide bonds. The number of para-hydroxylation sites is 1. The molecule has 1 fully saturated rings. The van der Waals surface area contributed by atoms with Crippen LogP contribution in [0.3, 0.4) is 0 Å². The summed E-state index contributed by atoms with van der Waals surface area (Å²) >= 11 is 0. The normalized spacial score (nSPS) is 15.1. The number of aryl methyl sites for hydroxylation is 1. The second kappa shape index (κ2) is 10.9. The van der Waals surface area contributed by atoms with Gasteiger partial charge in [-0.25, -0.2) is 0 Å². The summed E-state index contributed by atoms with van der Waals surface area (Å²) in [7, 11) is 0. The zero-order valence-electron chi connectivity index (χ0n) is 19.9. The van der Waals surface area contributed by atoms with Crippen molar-refractivity contribution in [1.82, 2.24) is 5.32 Å². The molecule has 1 heterocycles. The predicted molar refractivity (Wildman–Crippen MR) is 135 cm³/mol. The molecule has 0 radical (unpaired) electrons. The maximum Gasteiger partial charge on any atom is 0.253 e. The monoisotopic (exact) mass is 471 g/mol. The Bertz CT molecular complexity index is 1220. The molecule has 0 saturated carbocycles. The van der Waals surface area contributed by atoms with Crippen LogP contribution in [-0.2, 0) is 16.1 Å². The van der Waals surface area contributed by atoms with Crippen LogP contribution in [0.2, 0.25) is 0 Å². The first-order valence-corrected chi connectivity index (χ1v) is 11.7. The van der Waals surface area contributed by atoms with Crippen molar-refractivity contribution < 1.29 is 19.1 Å². The summed E-state index contributed by atoms with van der Waals surface area (Å²) in [6, 6.07) is 22.1. The van der Waals surface area contributed by atoms with Crippen molar-refractivity contribution in [3.05, 3.63) is 89.5 Å². The topological polar surface area (TPSA) is 87.7 Å². The number of carbonyl (C=O) groups is 3. The second-order valence-electron chi connectivity index (χ2n) is 8.54. The number of ether oxygens (including phenoxy) is 1. The summed E-state index contributed by atoms with van der Waals surface area (Å²) in [5.41, 5.74) is 3.56. The molecule has 35 heavy (non-hydrogen) atoms. The van der Waals surface area contributed by atoms with Crippen LogP contribution in [0.1, 0.15) is 34.8 Å². The highest BCUT2D eigenvalue weighted by Gasteiger charge is 2.35. The fraction of sp³-hybridized carbons (Fsp3) is 0.250. The molecule has 1 aliphatic heterocycles. The molecular formula is C28H29N3O4. The highest BCUT2D eigenvalue weighted by molar-refractivity contribution is 6.07. The molecule has 4 rings (SSSR count). The molecule has 7 heteroatoms. The van der Waals surface area contributed by atoms with Crippen molar-refractivity contribution >= 4 is 29.1 Å². The zero-order valence-corrected chi connectivity index (χ0v) is 19.9. The molecule has 0 spiro atoms. The number of rotatable bonds is 8. The third kappa shape index (κ3) is 5.87. The summed E-state index contributed by atoms with van der Waals surface area (Å²) in [6.45, 7) is 5.13. The van der Waals surface area contributed by atoms with Crippen LogP contribution < -0.4 is 20.3 Å². The minimum atomic E-state index is -0.497. The van der Waals surface area contributed by atoms with Gasteiger partial charge in [0.2, 0.25) is 11.8 Å². The van der Waals surface area contributed by atoms with Crippen LogP contribution in [0.4, 0.5) is 11.4 Å². The fourth-order valence-electron chi connectivity index (χ4n) is 4.10. The lowest BCUT2D eigenvalue weighted by Crippen LogP contribution is -2.29. The number of hydrogen-bond acceptors (Lipinski definition) is 4. The van der Waals surface area contributed by atoms with Gasteiger partial charge in [0.25, 0.3) is 5.91 Å². The summed E-state index contributed by atoms with van der Waals surface area (Å²) in [5, 5.41) is 5.76. The zero-order chi connectivity index (χ0) is 24.8. The molecule has 0 aliphatic carbocycles. The highest BCUT2D eigenvalue weighted by atomic mass is 16.5. The van der Waals surface area contributed by atoms with E-state index in [1.807, 2.05) is 62.4 Å². The lowest BCUT2D eigenvalue weighted by Gasteiger charge is -2.17. The molecule has 3 aromatic rings. The minimum absolute atomic E-state index is 0.0860. The average Bonchev–Trinajstić information content (AvgIpc) is 3.26. The van der Waals surface area contributed by atoms with Crippen LogP contribution in [0.5, 0.6) is 5.75 Å². The maximum absolute atomic E-state index is 13.0. The quantitative estimate of drug-likeness (QED) is 0.512. The van der Waals surface area contributed by atoms with Gasteiger partial charge in [-0.3, -0.25) is 14.4 Å². The van der Waals surface area contributed by atoms with E-state index in [2.05, 4.69) is 10.6 Å². The smallest absolute Gasteiger partial charge is 0.253 e. The second-order valence-corrected chi connectivity index (χ2v) is 8.54. The Morgan fingerprint density at radius 2 is 1.80 bits per heavy atom. The minimum Gasteiger partial charge on any atom is -0.494 e. The van der Waals surface area contributed by atoms with Gasteiger partial charge in [-0.15, -0.1) is 0 Å². The maximum atomic E-state index is 13.0. The Kier molecular flexibility index (Phi) is 7.45. The van der Waals surface area contributed by atoms with Gasteiger partial charge in [0.15, 0.2) is 0 Å². The molecule has 2 N–H and O–H groups in total. The predicted octanol–water partition coefficient (Wildman–Crippen LogP) is 4.32. The summed E-state index contributed by atoms with van der Waals surface area (Å²) < 4.78 is 5.44. The first-order valence-electron chi connectivity index (χ1n) is 11.7. The van der Waals surface area contributed by atoms with Gasteiger partial charge in [0.1, 0.15) is 5.75 Å². The Hall–Kier alpha value is -4.13. The number of benzene rings is 3.